The Kier molecular flexibility index (Phi) is 8.49. The molecule has 0 radical (unpaired) electrons. The number of ether oxygens (including phenoxy) is 1. The maximum Gasteiger partial charge on any atom is 0.407 e. The minimum Gasteiger partial charge on any atom is -0.444 e. The molecule has 1 atom stereocenters. The molecule has 160 valence electrons. The molecule has 1 saturated heterocycles. The minimum atomic E-state index is -0.528. The minimum absolute atomic E-state index is 0.0167. The molecule has 8 heteroatoms. The third-order valence-electron chi connectivity index (χ3n) is 4.54. The van der Waals surface area contributed by atoms with Crippen molar-refractivity contribution in [3.8, 4) is 0 Å². The molecular weight excluding hydrogens is 438 g/mol. The number of halogens is 1. The Morgan fingerprint density at radius 2 is 1.86 bits per heavy atom. The molecular formula is C21H30BrN3O4. The van der Waals surface area contributed by atoms with Crippen LogP contribution in [0.3, 0.4) is 0 Å². The van der Waals surface area contributed by atoms with Crippen LogP contribution >= 0.6 is 15.9 Å². The number of hydrogen-bond donors (Lipinski definition) is 2. The fraction of sp³-hybridized carbons (Fsp3) is 0.571. The van der Waals surface area contributed by atoms with E-state index >= 15 is 0 Å². The van der Waals surface area contributed by atoms with Crippen molar-refractivity contribution >= 4 is 33.8 Å². The molecule has 0 spiro atoms. The summed E-state index contributed by atoms with van der Waals surface area (Å²) in [5, 5.41) is 5.58. The van der Waals surface area contributed by atoms with Crippen LogP contribution in [0.15, 0.2) is 28.7 Å². The van der Waals surface area contributed by atoms with E-state index in [1.807, 2.05) is 25.7 Å². The van der Waals surface area contributed by atoms with Crippen molar-refractivity contribution in [3.63, 3.8) is 0 Å². The van der Waals surface area contributed by atoms with Gasteiger partial charge in [-0.05, 0) is 63.8 Å². The van der Waals surface area contributed by atoms with E-state index < -0.39 is 11.7 Å². The molecule has 0 aliphatic carbocycles. The largest absolute Gasteiger partial charge is 0.444 e. The van der Waals surface area contributed by atoms with Gasteiger partial charge in [0.05, 0.1) is 0 Å². The molecule has 2 N–H and O–H groups in total. The molecule has 0 aromatic heterocycles. The highest BCUT2D eigenvalue weighted by Crippen LogP contribution is 2.17. The van der Waals surface area contributed by atoms with Gasteiger partial charge in [-0.2, -0.15) is 0 Å². The first kappa shape index (κ1) is 23.2. The molecule has 7 nitrogen and oxygen atoms in total. The SMILES string of the molecule is CC(C)(C)OC(=O)NCC1CCCN(C(=O)CCNC(=O)c2ccc(Br)cc2)C1. The molecule has 2 rings (SSSR count). The van der Waals surface area contributed by atoms with Gasteiger partial charge in [-0.15, -0.1) is 0 Å². The van der Waals surface area contributed by atoms with Crippen molar-refractivity contribution in [3.05, 3.63) is 34.3 Å². The normalized spacial score (nSPS) is 16.8. The smallest absolute Gasteiger partial charge is 0.407 e. The Balaban J connectivity index is 1.71. The van der Waals surface area contributed by atoms with Gasteiger partial charge in [0.2, 0.25) is 5.91 Å². The van der Waals surface area contributed by atoms with Gasteiger partial charge in [-0.1, -0.05) is 15.9 Å². The zero-order valence-corrected chi connectivity index (χ0v) is 18.9. The van der Waals surface area contributed by atoms with Gasteiger partial charge < -0.3 is 20.3 Å². The van der Waals surface area contributed by atoms with Crippen LogP contribution in [0.4, 0.5) is 4.79 Å². The van der Waals surface area contributed by atoms with Crippen LogP contribution in [-0.4, -0.2) is 54.6 Å². The first-order valence-corrected chi connectivity index (χ1v) is 10.7. The number of piperidine rings is 1. The summed E-state index contributed by atoms with van der Waals surface area (Å²) in [5.74, 6) is 0.0315. The lowest BCUT2D eigenvalue weighted by Crippen LogP contribution is -2.45. The zero-order chi connectivity index (χ0) is 21.4. The van der Waals surface area contributed by atoms with Gasteiger partial charge >= 0.3 is 6.09 Å². The number of alkyl carbamates (subject to hydrolysis) is 1. The highest BCUT2D eigenvalue weighted by atomic mass is 79.9. The van der Waals surface area contributed by atoms with E-state index in [4.69, 9.17) is 4.74 Å². The van der Waals surface area contributed by atoms with Crippen molar-refractivity contribution in [1.29, 1.82) is 0 Å². The quantitative estimate of drug-likeness (QED) is 0.671. The van der Waals surface area contributed by atoms with Crippen LogP contribution in [0.1, 0.15) is 50.4 Å². The standard InChI is InChI=1S/C21H30BrN3O4/c1-21(2,3)29-20(28)24-13-15-5-4-12-25(14-15)18(26)10-11-23-19(27)16-6-8-17(22)9-7-16/h6-9,15H,4-5,10-14H2,1-3H3,(H,23,27)(H,24,28). The second-order valence-corrected chi connectivity index (χ2v) is 9.16. The summed E-state index contributed by atoms with van der Waals surface area (Å²) < 4.78 is 6.16. The van der Waals surface area contributed by atoms with E-state index in [-0.39, 0.29) is 24.2 Å². The van der Waals surface area contributed by atoms with Gasteiger partial charge in [-0.3, -0.25) is 9.59 Å². The van der Waals surface area contributed by atoms with Crippen LogP contribution in [0.2, 0.25) is 0 Å². The maximum absolute atomic E-state index is 12.5. The summed E-state index contributed by atoms with van der Waals surface area (Å²) in [6.07, 6.45) is 1.68. The summed E-state index contributed by atoms with van der Waals surface area (Å²) in [4.78, 5) is 38.2. The van der Waals surface area contributed by atoms with Crippen molar-refractivity contribution in [2.75, 3.05) is 26.2 Å². The molecule has 1 aromatic carbocycles. The molecule has 1 fully saturated rings. The van der Waals surface area contributed by atoms with Gasteiger partial charge in [0.1, 0.15) is 5.60 Å². The Labute approximate surface area is 180 Å². The summed E-state index contributed by atoms with van der Waals surface area (Å²) in [7, 11) is 0. The average Bonchev–Trinajstić information content (AvgIpc) is 2.65. The molecule has 3 amide bonds. The van der Waals surface area contributed by atoms with Crippen LogP contribution in [0, 0.1) is 5.92 Å². The van der Waals surface area contributed by atoms with Crippen molar-refractivity contribution in [2.45, 2.75) is 45.6 Å². The third-order valence-corrected chi connectivity index (χ3v) is 5.07. The lowest BCUT2D eigenvalue weighted by molar-refractivity contribution is -0.132. The molecule has 29 heavy (non-hydrogen) atoms. The first-order valence-electron chi connectivity index (χ1n) is 9.92. The number of hydrogen-bond acceptors (Lipinski definition) is 4. The summed E-state index contributed by atoms with van der Waals surface area (Å²) >= 11 is 3.33. The molecule has 0 bridgehead atoms. The van der Waals surface area contributed by atoms with Gasteiger partial charge in [0, 0.05) is 42.6 Å². The number of amides is 3. The predicted molar refractivity (Wildman–Crippen MR) is 115 cm³/mol. The summed E-state index contributed by atoms with van der Waals surface area (Å²) in [6.45, 7) is 7.57. The van der Waals surface area contributed by atoms with Crippen molar-refractivity contribution in [2.24, 2.45) is 5.92 Å². The molecule has 1 aliphatic heterocycles. The van der Waals surface area contributed by atoms with E-state index in [0.29, 0.717) is 31.7 Å². The van der Waals surface area contributed by atoms with E-state index in [0.717, 1.165) is 17.3 Å². The van der Waals surface area contributed by atoms with E-state index in [2.05, 4.69) is 26.6 Å². The third kappa shape index (κ3) is 8.43. The Morgan fingerprint density at radius 1 is 1.17 bits per heavy atom. The average molecular weight is 468 g/mol. The lowest BCUT2D eigenvalue weighted by Gasteiger charge is -2.33. The highest BCUT2D eigenvalue weighted by molar-refractivity contribution is 9.10. The second-order valence-electron chi connectivity index (χ2n) is 8.24. The zero-order valence-electron chi connectivity index (χ0n) is 17.3. The monoisotopic (exact) mass is 467 g/mol. The Morgan fingerprint density at radius 3 is 2.52 bits per heavy atom. The first-order chi connectivity index (χ1) is 13.6. The Hall–Kier alpha value is -2.09. The Bertz CT molecular complexity index is 716. The summed E-state index contributed by atoms with van der Waals surface area (Å²) in [5.41, 5.74) is 0.0335. The van der Waals surface area contributed by atoms with Crippen molar-refractivity contribution in [1.82, 2.24) is 15.5 Å². The molecule has 1 unspecified atom stereocenters. The molecule has 1 aliphatic rings. The second kappa shape index (κ2) is 10.6. The van der Waals surface area contributed by atoms with E-state index in [1.54, 1.807) is 24.3 Å². The lowest BCUT2D eigenvalue weighted by atomic mass is 9.98. The van der Waals surface area contributed by atoms with Crippen LogP contribution < -0.4 is 10.6 Å². The molecule has 1 heterocycles. The fourth-order valence-corrected chi connectivity index (χ4v) is 3.41. The highest BCUT2D eigenvalue weighted by Gasteiger charge is 2.24. The number of rotatable bonds is 6. The number of likely N-dealkylation sites (tertiary alicyclic amines) is 1. The van der Waals surface area contributed by atoms with Crippen LogP contribution in [-0.2, 0) is 9.53 Å². The van der Waals surface area contributed by atoms with E-state index in [1.165, 1.54) is 0 Å². The number of benzene rings is 1. The number of carbonyl (C=O) groups is 3. The summed E-state index contributed by atoms with van der Waals surface area (Å²) in [6, 6.07) is 7.07. The van der Waals surface area contributed by atoms with Gasteiger partial charge in [-0.25, -0.2) is 4.79 Å². The number of nitrogens with zero attached hydrogens (tertiary/aromatic N) is 1. The molecule has 0 saturated carbocycles. The topological polar surface area (TPSA) is 87.7 Å². The van der Waals surface area contributed by atoms with E-state index in [9.17, 15) is 14.4 Å². The van der Waals surface area contributed by atoms with Crippen LogP contribution in [0.5, 0.6) is 0 Å². The van der Waals surface area contributed by atoms with Gasteiger partial charge in [0.15, 0.2) is 0 Å². The fourth-order valence-electron chi connectivity index (χ4n) is 3.14. The number of carbonyl (C=O) groups excluding carboxylic acids is 3. The number of nitrogens with one attached hydrogen (secondary N) is 2. The van der Waals surface area contributed by atoms with Gasteiger partial charge in [0.25, 0.3) is 5.91 Å². The van der Waals surface area contributed by atoms with Crippen molar-refractivity contribution < 1.29 is 19.1 Å². The predicted octanol–water partition coefficient (Wildman–Crippen LogP) is 3.33. The molecule has 1 aromatic rings. The van der Waals surface area contributed by atoms with Crippen LogP contribution in [0.25, 0.3) is 0 Å². The maximum atomic E-state index is 12.5.